The number of nitrogens with two attached hydrogens (primary N) is 2. The third-order valence-electron chi connectivity index (χ3n) is 3.43. The van der Waals surface area contributed by atoms with E-state index >= 15 is 0 Å². The number of carbonyl (C=O) groups is 1. The van der Waals surface area contributed by atoms with Gasteiger partial charge >= 0.3 is 5.97 Å². The summed E-state index contributed by atoms with van der Waals surface area (Å²) in [4.78, 5) is 15.5. The minimum Gasteiger partial charge on any atom is -0.457 e. The van der Waals surface area contributed by atoms with Crippen molar-refractivity contribution in [2.24, 2.45) is 0 Å². The van der Waals surface area contributed by atoms with E-state index in [9.17, 15) is 4.79 Å². The van der Waals surface area contributed by atoms with E-state index in [1.165, 1.54) is 12.1 Å². The number of nitrogen functional groups attached to an aromatic ring is 2. The van der Waals surface area contributed by atoms with Gasteiger partial charge in [-0.1, -0.05) is 0 Å². The maximum Gasteiger partial charge on any atom is 0.373 e. The predicted molar refractivity (Wildman–Crippen MR) is 96.3 cm³/mol. The van der Waals surface area contributed by atoms with Crippen LogP contribution in [0.5, 0.6) is 23.0 Å². The fourth-order valence-electron chi connectivity index (χ4n) is 2.20. The molecule has 7 nitrogen and oxygen atoms in total. The van der Waals surface area contributed by atoms with E-state index in [-0.39, 0.29) is 5.56 Å². The third-order valence-corrected chi connectivity index (χ3v) is 3.43. The number of hydrogen-bond acceptors (Lipinski definition) is 7. The van der Waals surface area contributed by atoms with Gasteiger partial charge in [0.05, 0.1) is 5.56 Å². The molecule has 0 aromatic heterocycles. The van der Waals surface area contributed by atoms with Gasteiger partial charge in [0.2, 0.25) is 0 Å². The van der Waals surface area contributed by atoms with E-state index < -0.39 is 5.97 Å². The normalized spacial score (nSPS) is 10.2. The molecule has 0 atom stereocenters. The lowest BCUT2D eigenvalue weighted by Crippen LogP contribution is -2.02. The van der Waals surface area contributed by atoms with Crippen molar-refractivity contribution in [1.29, 1.82) is 0 Å². The summed E-state index contributed by atoms with van der Waals surface area (Å²) in [7, 11) is 0. The van der Waals surface area contributed by atoms with Crippen LogP contribution in [0.3, 0.4) is 0 Å². The van der Waals surface area contributed by atoms with Crippen LogP contribution >= 0.6 is 0 Å². The van der Waals surface area contributed by atoms with E-state index in [4.69, 9.17) is 26.2 Å². The van der Waals surface area contributed by atoms with Gasteiger partial charge in [0.1, 0.15) is 23.0 Å². The molecule has 0 aliphatic carbocycles. The lowest BCUT2D eigenvalue weighted by molar-refractivity contribution is -0.182. The van der Waals surface area contributed by atoms with Crippen LogP contribution in [-0.4, -0.2) is 11.2 Å². The first-order chi connectivity index (χ1) is 12.5. The molecular formula is C19H16N2O5. The predicted octanol–water partition coefficient (Wildman–Crippen LogP) is 4.07. The summed E-state index contributed by atoms with van der Waals surface area (Å²) in [6.45, 7) is 0. The first kappa shape index (κ1) is 17.1. The van der Waals surface area contributed by atoms with Gasteiger partial charge in [-0.15, -0.1) is 0 Å². The second-order valence-electron chi connectivity index (χ2n) is 5.41. The highest BCUT2D eigenvalue weighted by Crippen LogP contribution is 2.31. The zero-order chi connectivity index (χ0) is 18.5. The summed E-state index contributed by atoms with van der Waals surface area (Å²) >= 11 is 0. The maximum atomic E-state index is 11.7. The average molecular weight is 352 g/mol. The highest BCUT2D eigenvalue weighted by molar-refractivity contribution is 5.90. The van der Waals surface area contributed by atoms with Crippen LogP contribution in [0.2, 0.25) is 0 Å². The van der Waals surface area contributed by atoms with Crippen molar-refractivity contribution in [2.75, 3.05) is 11.5 Å². The van der Waals surface area contributed by atoms with Crippen molar-refractivity contribution in [2.45, 2.75) is 0 Å². The van der Waals surface area contributed by atoms with Crippen molar-refractivity contribution in [3.8, 4) is 23.0 Å². The SMILES string of the molecule is Nc1ccc(Oc2cc(Oc3ccc(N)cc3)cc(C(=O)OO)c2)cc1. The lowest BCUT2D eigenvalue weighted by Gasteiger charge is -2.11. The smallest absolute Gasteiger partial charge is 0.373 e. The molecule has 0 fully saturated rings. The molecule has 3 aromatic rings. The molecule has 0 bridgehead atoms. The van der Waals surface area contributed by atoms with Crippen LogP contribution in [0, 0.1) is 0 Å². The van der Waals surface area contributed by atoms with Gasteiger partial charge in [0.25, 0.3) is 0 Å². The highest BCUT2D eigenvalue weighted by Gasteiger charge is 2.13. The zero-order valence-corrected chi connectivity index (χ0v) is 13.6. The second kappa shape index (κ2) is 7.45. The van der Waals surface area contributed by atoms with Gasteiger partial charge in [-0.05, 0) is 60.7 Å². The Hall–Kier alpha value is -3.71. The van der Waals surface area contributed by atoms with Crippen LogP contribution in [0.1, 0.15) is 10.4 Å². The minimum atomic E-state index is -0.935. The molecular weight excluding hydrogens is 336 g/mol. The fraction of sp³-hybridized carbons (Fsp3) is 0. The topological polar surface area (TPSA) is 117 Å². The number of rotatable bonds is 5. The van der Waals surface area contributed by atoms with Crippen LogP contribution in [-0.2, 0) is 4.89 Å². The number of anilines is 2. The van der Waals surface area contributed by atoms with E-state index in [2.05, 4.69) is 4.89 Å². The molecule has 3 rings (SSSR count). The Kier molecular flexibility index (Phi) is 4.91. The molecule has 3 aromatic carbocycles. The van der Waals surface area contributed by atoms with Gasteiger partial charge in [0, 0.05) is 17.4 Å². The van der Waals surface area contributed by atoms with Gasteiger partial charge in [0.15, 0.2) is 0 Å². The van der Waals surface area contributed by atoms with Crippen molar-refractivity contribution in [3.05, 3.63) is 72.3 Å². The number of benzene rings is 3. The lowest BCUT2D eigenvalue weighted by atomic mass is 10.2. The summed E-state index contributed by atoms with van der Waals surface area (Å²) in [6.07, 6.45) is 0. The molecule has 0 aliphatic heterocycles. The number of hydrogen-bond donors (Lipinski definition) is 3. The molecule has 132 valence electrons. The molecule has 0 saturated heterocycles. The van der Waals surface area contributed by atoms with Crippen LogP contribution < -0.4 is 20.9 Å². The molecule has 7 heteroatoms. The molecule has 0 radical (unpaired) electrons. The molecule has 5 N–H and O–H groups in total. The molecule has 26 heavy (non-hydrogen) atoms. The first-order valence-corrected chi connectivity index (χ1v) is 7.61. The second-order valence-corrected chi connectivity index (χ2v) is 5.41. The molecule has 0 heterocycles. The van der Waals surface area contributed by atoms with E-state index in [1.54, 1.807) is 54.6 Å². The Labute approximate surface area is 149 Å². The van der Waals surface area contributed by atoms with E-state index in [0.29, 0.717) is 34.4 Å². The van der Waals surface area contributed by atoms with Crippen LogP contribution in [0.4, 0.5) is 11.4 Å². The van der Waals surface area contributed by atoms with E-state index in [0.717, 1.165) is 0 Å². The number of carbonyl (C=O) groups excluding carboxylic acids is 1. The average Bonchev–Trinajstić information content (AvgIpc) is 2.64. The summed E-state index contributed by atoms with van der Waals surface area (Å²) in [5.74, 6) is 0.750. The minimum absolute atomic E-state index is 0.0610. The van der Waals surface area contributed by atoms with Crippen LogP contribution in [0.15, 0.2) is 66.7 Å². The van der Waals surface area contributed by atoms with Gasteiger partial charge in [-0.3, -0.25) is 4.89 Å². The van der Waals surface area contributed by atoms with Gasteiger partial charge in [-0.25, -0.2) is 4.79 Å². The molecule has 0 spiro atoms. The van der Waals surface area contributed by atoms with E-state index in [1.807, 2.05) is 0 Å². The standard InChI is InChI=1S/C19H16N2O5/c20-13-1-5-15(6-2-13)24-17-9-12(19(22)26-23)10-18(11-17)25-16-7-3-14(21)4-8-16/h1-11,23H,20-21H2. The molecule has 0 amide bonds. The fourth-order valence-corrected chi connectivity index (χ4v) is 2.20. The molecule has 0 saturated carbocycles. The third kappa shape index (κ3) is 4.22. The highest BCUT2D eigenvalue weighted by atomic mass is 17.1. The van der Waals surface area contributed by atoms with Crippen molar-refractivity contribution in [1.82, 2.24) is 0 Å². The summed E-state index contributed by atoms with van der Waals surface area (Å²) in [5.41, 5.74) is 12.6. The Balaban J connectivity index is 1.91. The van der Waals surface area contributed by atoms with Crippen molar-refractivity contribution in [3.63, 3.8) is 0 Å². The van der Waals surface area contributed by atoms with Crippen LogP contribution in [0.25, 0.3) is 0 Å². The Morgan fingerprint density at radius 2 is 1.12 bits per heavy atom. The van der Waals surface area contributed by atoms with Gasteiger partial charge < -0.3 is 20.9 Å². The maximum absolute atomic E-state index is 11.7. The molecule has 0 aliphatic rings. The summed E-state index contributed by atoms with van der Waals surface area (Å²) in [5, 5.41) is 8.65. The van der Waals surface area contributed by atoms with Gasteiger partial charge in [-0.2, -0.15) is 5.26 Å². The Morgan fingerprint density at radius 3 is 1.50 bits per heavy atom. The summed E-state index contributed by atoms with van der Waals surface area (Å²) in [6, 6.07) is 17.9. The monoisotopic (exact) mass is 352 g/mol. The zero-order valence-electron chi connectivity index (χ0n) is 13.6. The Morgan fingerprint density at radius 1 is 0.692 bits per heavy atom. The molecule has 0 unspecified atom stereocenters. The Bertz CT molecular complexity index is 842. The number of ether oxygens (including phenoxy) is 2. The summed E-state index contributed by atoms with van der Waals surface area (Å²) < 4.78 is 11.4. The first-order valence-electron chi connectivity index (χ1n) is 7.61. The van der Waals surface area contributed by atoms with Crippen molar-refractivity contribution < 1.29 is 24.4 Å². The quantitative estimate of drug-likeness (QED) is 0.360. The van der Waals surface area contributed by atoms with Crippen molar-refractivity contribution >= 4 is 17.3 Å². The largest absolute Gasteiger partial charge is 0.457 e.